The molecule has 1 nitrogen and oxygen atoms in total. The number of hydrogen-bond donors (Lipinski definition) is 0. The molecule has 1 aliphatic heterocycles. The minimum Gasteiger partial charge on any atom is -0.331 e. The van der Waals surface area contributed by atoms with Crippen LogP contribution in [0.4, 0.5) is 5.69 Å². The van der Waals surface area contributed by atoms with Crippen molar-refractivity contribution in [3.05, 3.63) is 30.3 Å². The zero-order chi connectivity index (χ0) is 13.1. The minimum absolute atomic E-state index is 0.564. The Balaban J connectivity index is 1.90. The molecule has 19 heavy (non-hydrogen) atoms. The summed E-state index contributed by atoms with van der Waals surface area (Å²) in [5.74, 6) is 2.91. The second-order valence-corrected chi connectivity index (χ2v) is 9.95. The van der Waals surface area contributed by atoms with Crippen molar-refractivity contribution in [3.63, 3.8) is 0 Å². The second-order valence-electron chi connectivity index (χ2n) is 6.29. The first-order valence-electron chi connectivity index (χ1n) is 7.88. The molecule has 1 aromatic carbocycles. The van der Waals surface area contributed by atoms with Crippen molar-refractivity contribution in [1.82, 2.24) is 0 Å². The molecule has 3 rings (SSSR count). The molecular weight excluding hydrogens is 250 g/mol. The monoisotopic (exact) mass is 277 g/mol. The average molecular weight is 277 g/mol. The molecule has 106 valence electrons. The van der Waals surface area contributed by atoms with E-state index in [4.69, 9.17) is 0 Å². The van der Waals surface area contributed by atoms with Crippen LogP contribution in [0.5, 0.6) is 0 Å². The van der Waals surface area contributed by atoms with Gasteiger partial charge in [-0.1, -0.05) is 37.5 Å². The van der Waals surface area contributed by atoms with Crippen LogP contribution in [0.3, 0.4) is 0 Å². The molecule has 0 unspecified atom stereocenters. The van der Waals surface area contributed by atoms with Crippen molar-refractivity contribution >= 4 is 15.9 Å². The average Bonchev–Trinajstić information content (AvgIpc) is 2.89. The lowest BCUT2D eigenvalue weighted by Crippen LogP contribution is -2.39. The summed E-state index contributed by atoms with van der Waals surface area (Å²) in [6.07, 6.45) is 12.6. The zero-order valence-electron chi connectivity index (χ0n) is 12.2. The number of hydrogen-bond acceptors (Lipinski definition) is 1. The van der Waals surface area contributed by atoms with Crippen LogP contribution in [-0.4, -0.2) is 23.8 Å². The summed E-state index contributed by atoms with van der Waals surface area (Å²) in [7, 11) is -0.564. The smallest absolute Gasteiger partial charge is 0.0456 e. The maximum atomic E-state index is 2.89. The van der Waals surface area contributed by atoms with Crippen molar-refractivity contribution in [1.29, 1.82) is 0 Å². The van der Waals surface area contributed by atoms with E-state index in [1.807, 2.05) is 0 Å². The third-order valence-corrected chi connectivity index (χ3v) is 8.61. The quantitative estimate of drug-likeness (QED) is 0.754. The Morgan fingerprint density at radius 3 is 2.16 bits per heavy atom. The van der Waals surface area contributed by atoms with Gasteiger partial charge in [-0.2, -0.15) is 10.2 Å². The number of anilines is 1. The van der Waals surface area contributed by atoms with Gasteiger partial charge in [0, 0.05) is 11.7 Å². The summed E-state index contributed by atoms with van der Waals surface area (Å²) >= 11 is 0. The minimum atomic E-state index is -0.564. The highest BCUT2D eigenvalue weighted by Crippen LogP contribution is 2.57. The molecule has 0 atom stereocenters. The molecule has 1 aliphatic carbocycles. The van der Waals surface area contributed by atoms with E-state index in [9.17, 15) is 0 Å². The first-order valence-corrected chi connectivity index (χ1v) is 10.2. The van der Waals surface area contributed by atoms with Crippen LogP contribution in [0.25, 0.3) is 0 Å². The molecule has 0 aromatic heterocycles. The van der Waals surface area contributed by atoms with Crippen molar-refractivity contribution < 1.29 is 0 Å². The lowest BCUT2D eigenvalue weighted by Gasteiger charge is -2.50. The second kappa shape index (κ2) is 5.78. The lowest BCUT2D eigenvalue weighted by molar-refractivity contribution is 0.445. The van der Waals surface area contributed by atoms with Gasteiger partial charge in [0.2, 0.25) is 0 Å². The fraction of sp³-hybridized carbons (Fsp3) is 0.647. The maximum Gasteiger partial charge on any atom is 0.0456 e. The van der Waals surface area contributed by atoms with Crippen LogP contribution >= 0.6 is 10.2 Å². The molecule has 2 fully saturated rings. The van der Waals surface area contributed by atoms with Crippen LogP contribution in [-0.2, 0) is 0 Å². The van der Waals surface area contributed by atoms with Crippen LogP contribution < -0.4 is 4.31 Å². The summed E-state index contributed by atoms with van der Waals surface area (Å²) in [6.45, 7) is 0. The lowest BCUT2D eigenvalue weighted by atomic mass is 9.95. The standard InChI is InChI=1S/C17H27NS/c1-19(14-8-9-15-19)18(16-10-4-2-5-11-16)17-12-6-3-7-13-17/h2,4-5,10-11,17H,3,6-9,12-15H2,1H3. The van der Waals surface area contributed by atoms with Gasteiger partial charge in [0.25, 0.3) is 0 Å². The fourth-order valence-corrected chi connectivity index (χ4v) is 7.65. The van der Waals surface area contributed by atoms with Gasteiger partial charge in [0.15, 0.2) is 0 Å². The van der Waals surface area contributed by atoms with Gasteiger partial charge in [-0.05, 0) is 55.6 Å². The Kier molecular flexibility index (Phi) is 4.07. The fourth-order valence-electron chi connectivity index (χ4n) is 3.84. The molecular formula is C17H27NS. The van der Waals surface area contributed by atoms with Crippen molar-refractivity contribution in [2.24, 2.45) is 0 Å². The molecule has 2 heteroatoms. The summed E-state index contributed by atoms with van der Waals surface area (Å²) in [6, 6.07) is 12.1. The summed E-state index contributed by atoms with van der Waals surface area (Å²) in [5.41, 5.74) is 1.49. The topological polar surface area (TPSA) is 3.24 Å². The molecule has 1 aromatic rings. The third kappa shape index (κ3) is 2.79. The van der Waals surface area contributed by atoms with Crippen molar-refractivity contribution in [3.8, 4) is 0 Å². The zero-order valence-corrected chi connectivity index (χ0v) is 13.0. The van der Waals surface area contributed by atoms with E-state index in [1.54, 1.807) is 0 Å². The Morgan fingerprint density at radius 1 is 0.895 bits per heavy atom. The first kappa shape index (κ1) is 13.4. The molecule has 0 amide bonds. The van der Waals surface area contributed by atoms with E-state index < -0.39 is 10.2 Å². The van der Waals surface area contributed by atoms with Gasteiger partial charge in [-0.3, -0.25) is 0 Å². The molecule has 0 bridgehead atoms. The van der Waals surface area contributed by atoms with Gasteiger partial charge in [-0.25, -0.2) is 0 Å². The number of rotatable bonds is 3. The molecule has 2 aliphatic rings. The normalized spacial score (nSPS) is 25.1. The van der Waals surface area contributed by atoms with Gasteiger partial charge < -0.3 is 4.31 Å². The van der Waals surface area contributed by atoms with E-state index in [0.717, 1.165) is 6.04 Å². The van der Waals surface area contributed by atoms with Gasteiger partial charge in [0.1, 0.15) is 0 Å². The van der Waals surface area contributed by atoms with Crippen LogP contribution in [0.1, 0.15) is 44.9 Å². The number of benzene rings is 1. The molecule has 0 spiro atoms. The predicted molar refractivity (Wildman–Crippen MR) is 88.3 cm³/mol. The van der Waals surface area contributed by atoms with E-state index >= 15 is 0 Å². The van der Waals surface area contributed by atoms with Crippen LogP contribution in [0.2, 0.25) is 0 Å². The Hall–Kier alpha value is -0.630. The van der Waals surface area contributed by atoms with Gasteiger partial charge in [-0.15, -0.1) is 0 Å². The highest BCUT2D eigenvalue weighted by molar-refractivity contribution is 8.34. The summed E-state index contributed by atoms with van der Waals surface area (Å²) < 4.78 is 2.89. The van der Waals surface area contributed by atoms with E-state index in [1.165, 1.54) is 62.1 Å². The Bertz CT molecular complexity index is 391. The molecule has 1 saturated carbocycles. The van der Waals surface area contributed by atoms with Gasteiger partial charge in [0.05, 0.1) is 0 Å². The predicted octanol–water partition coefficient (Wildman–Crippen LogP) is 4.97. The number of nitrogens with zero attached hydrogens (tertiary/aromatic N) is 1. The summed E-state index contributed by atoms with van der Waals surface area (Å²) in [4.78, 5) is 0. The largest absolute Gasteiger partial charge is 0.331 e. The molecule has 1 saturated heterocycles. The summed E-state index contributed by atoms with van der Waals surface area (Å²) in [5, 5.41) is 0. The highest BCUT2D eigenvalue weighted by atomic mass is 32.3. The Labute approximate surface area is 119 Å². The van der Waals surface area contributed by atoms with Crippen LogP contribution in [0, 0.1) is 0 Å². The molecule has 0 radical (unpaired) electrons. The number of para-hydroxylation sites is 1. The molecule has 1 heterocycles. The third-order valence-electron chi connectivity index (χ3n) is 4.81. The van der Waals surface area contributed by atoms with Crippen LogP contribution in [0.15, 0.2) is 30.3 Å². The van der Waals surface area contributed by atoms with E-state index in [2.05, 4.69) is 40.9 Å². The van der Waals surface area contributed by atoms with Crippen molar-refractivity contribution in [2.75, 3.05) is 22.1 Å². The maximum absolute atomic E-state index is 2.89. The molecule has 0 N–H and O–H groups in total. The first-order chi connectivity index (χ1) is 9.30. The highest BCUT2D eigenvalue weighted by Gasteiger charge is 2.35. The van der Waals surface area contributed by atoms with Crippen molar-refractivity contribution in [2.45, 2.75) is 51.0 Å². The van der Waals surface area contributed by atoms with E-state index in [0.29, 0.717) is 0 Å². The van der Waals surface area contributed by atoms with Gasteiger partial charge >= 0.3 is 0 Å². The Morgan fingerprint density at radius 2 is 1.53 bits per heavy atom. The van der Waals surface area contributed by atoms with E-state index in [-0.39, 0.29) is 0 Å². The SMILES string of the molecule is CS1(N(c2ccccc2)C2CCCCC2)CCCC1.